The highest BCUT2D eigenvalue weighted by atomic mass is 32.2. The smallest absolute Gasteiger partial charge is 0.340 e. The number of hydrogen-bond donors (Lipinski definition) is 0. The largest absolute Gasteiger partial charge is 0.462 e. The minimum Gasteiger partial charge on any atom is -0.462 e. The number of hydrogen-bond acceptors (Lipinski definition) is 4. The molecule has 0 fully saturated rings. The van der Waals surface area contributed by atoms with Gasteiger partial charge in [0.15, 0.2) is 0 Å². The molecule has 1 heterocycles. The summed E-state index contributed by atoms with van der Waals surface area (Å²) in [7, 11) is -3.66. The summed E-state index contributed by atoms with van der Waals surface area (Å²) in [5.74, 6) is -0.670. The lowest BCUT2D eigenvalue weighted by Gasteiger charge is -2.07. The van der Waals surface area contributed by atoms with Crippen LogP contribution < -0.4 is 0 Å². The lowest BCUT2D eigenvalue weighted by Crippen LogP contribution is -2.14. The van der Waals surface area contributed by atoms with E-state index in [4.69, 9.17) is 4.74 Å². The first-order chi connectivity index (χ1) is 11.5. The Kier molecular flexibility index (Phi) is 4.40. The molecule has 24 heavy (non-hydrogen) atoms. The van der Waals surface area contributed by atoms with Crippen LogP contribution in [0.4, 0.5) is 0 Å². The van der Waals surface area contributed by atoms with E-state index in [1.807, 2.05) is 6.07 Å². The minimum atomic E-state index is -3.66. The number of nitrogens with zero attached hydrogens (tertiary/aromatic N) is 1. The van der Waals surface area contributed by atoms with Gasteiger partial charge in [-0.15, -0.1) is 0 Å². The normalized spacial score (nSPS) is 11.5. The summed E-state index contributed by atoms with van der Waals surface area (Å²) < 4.78 is 31.8. The van der Waals surface area contributed by atoms with Crippen molar-refractivity contribution in [1.29, 1.82) is 0 Å². The molecule has 5 nitrogen and oxygen atoms in total. The fraction of sp³-hybridized carbons (Fsp3) is 0.167. The summed E-state index contributed by atoms with van der Waals surface area (Å²) in [6, 6.07) is 15.8. The molecule has 0 radical (unpaired) electrons. The van der Waals surface area contributed by atoms with E-state index in [0.29, 0.717) is 16.5 Å². The van der Waals surface area contributed by atoms with E-state index >= 15 is 0 Å². The van der Waals surface area contributed by atoms with E-state index in [-0.39, 0.29) is 17.9 Å². The van der Waals surface area contributed by atoms with Crippen LogP contribution in [0.15, 0.2) is 60.8 Å². The van der Waals surface area contributed by atoms with E-state index < -0.39 is 16.0 Å². The van der Waals surface area contributed by atoms with Crippen molar-refractivity contribution in [2.24, 2.45) is 0 Å². The van der Waals surface area contributed by atoms with Crippen LogP contribution in [0.25, 0.3) is 10.9 Å². The Morgan fingerprint density at radius 2 is 1.71 bits per heavy atom. The molecule has 0 saturated carbocycles. The van der Waals surface area contributed by atoms with Crippen molar-refractivity contribution in [3.8, 4) is 0 Å². The zero-order chi connectivity index (χ0) is 17.2. The first kappa shape index (κ1) is 16.3. The number of aromatic nitrogens is 1. The first-order valence-corrected chi connectivity index (χ1v) is 9.18. The van der Waals surface area contributed by atoms with Crippen LogP contribution in [-0.4, -0.2) is 25.0 Å². The second-order valence-corrected chi connectivity index (χ2v) is 7.16. The molecule has 6 heteroatoms. The molecule has 3 rings (SSSR count). The Hall–Kier alpha value is -2.60. The highest BCUT2D eigenvalue weighted by Crippen LogP contribution is 2.25. The number of carbonyl (C=O) groups is 1. The number of carbonyl (C=O) groups excluding carboxylic acids is 1. The molecule has 0 aliphatic carbocycles. The fourth-order valence-corrected chi connectivity index (χ4v) is 4.08. The van der Waals surface area contributed by atoms with Gasteiger partial charge in [-0.1, -0.05) is 48.5 Å². The molecule has 3 aromatic rings. The molecule has 0 amide bonds. The van der Waals surface area contributed by atoms with Crippen molar-refractivity contribution in [2.45, 2.75) is 12.7 Å². The van der Waals surface area contributed by atoms with E-state index in [0.717, 1.165) is 0 Å². The molecule has 0 aliphatic rings. The van der Waals surface area contributed by atoms with Gasteiger partial charge in [-0.2, -0.15) is 0 Å². The van der Waals surface area contributed by atoms with Gasteiger partial charge in [-0.05, 0) is 18.6 Å². The third kappa shape index (κ3) is 3.05. The van der Waals surface area contributed by atoms with Crippen molar-refractivity contribution in [3.63, 3.8) is 0 Å². The van der Waals surface area contributed by atoms with E-state index in [1.54, 1.807) is 55.5 Å². The second-order valence-electron chi connectivity index (χ2n) is 5.32. The summed E-state index contributed by atoms with van der Waals surface area (Å²) in [4.78, 5) is 12.1. The molecule has 0 unspecified atom stereocenters. The quantitative estimate of drug-likeness (QED) is 0.667. The molecule has 0 aliphatic heterocycles. The molecule has 0 N–H and O–H groups in total. The van der Waals surface area contributed by atoms with Crippen molar-refractivity contribution in [3.05, 3.63) is 71.9 Å². The van der Waals surface area contributed by atoms with Gasteiger partial charge in [0.05, 0.1) is 23.4 Å². The van der Waals surface area contributed by atoms with Gasteiger partial charge in [0.1, 0.15) is 0 Å². The Balaban J connectivity index is 2.11. The molecule has 0 bridgehead atoms. The topological polar surface area (TPSA) is 65.4 Å². The number of para-hydroxylation sites is 1. The number of esters is 1. The van der Waals surface area contributed by atoms with Crippen molar-refractivity contribution < 1.29 is 17.9 Å². The SMILES string of the molecule is CCOC(=O)c1cn(S(=O)(=O)Cc2ccccc2)c2ccccc12. The Bertz CT molecular complexity index is 975. The Morgan fingerprint density at radius 1 is 1.04 bits per heavy atom. The zero-order valence-electron chi connectivity index (χ0n) is 13.2. The van der Waals surface area contributed by atoms with Crippen LogP contribution in [0.2, 0.25) is 0 Å². The highest BCUT2D eigenvalue weighted by molar-refractivity contribution is 7.89. The third-order valence-electron chi connectivity index (χ3n) is 3.66. The predicted molar refractivity (Wildman–Crippen MR) is 92.4 cm³/mol. The van der Waals surface area contributed by atoms with Gasteiger partial charge in [-0.3, -0.25) is 0 Å². The minimum absolute atomic E-state index is 0.144. The van der Waals surface area contributed by atoms with Crippen molar-refractivity contribution in [1.82, 2.24) is 3.97 Å². The van der Waals surface area contributed by atoms with Crippen LogP contribution in [-0.2, 0) is 20.5 Å². The molecule has 0 spiro atoms. The summed E-state index contributed by atoms with van der Waals surface area (Å²) in [5.41, 5.74) is 1.41. The highest BCUT2D eigenvalue weighted by Gasteiger charge is 2.22. The summed E-state index contributed by atoms with van der Waals surface area (Å²) >= 11 is 0. The van der Waals surface area contributed by atoms with Crippen LogP contribution in [0.3, 0.4) is 0 Å². The second kappa shape index (κ2) is 6.49. The van der Waals surface area contributed by atoms with Crippen LogP contribution in [0, 0.1) is 0 Å². The molecule has 2 aromatic carbocycles. The summed E-state index contributed by atoms with van der Waals surface area (Å²) in [6.07, 6.45) is 1.35. The summed E-state index contributed by atoms with van der Waals surface area (Å²) in [6.45, 7) is 1.94. The summed E-state index contributed by atoms with van der Waals surface area (Å²) in [5, 5.41) is 0.563. The standard InChI is InChI=1S/C18H17NO4S/c1-2-23-18(20)16-12-19(17-11-7-6-10-15(16)17)24(21,22)13-14-8-4-3-5-9-14/h3-12H,2,13H2,1H3. The average molecular weight is 343 g/mol. The maximum Gasteiger partial charge on any atom is 0.340 e. The maximum atomic E-state index is 12.8. The number of ether oxygens (including phenoxy) is 1. The predicted octanol–water partition coefficient (Wildman–Crippen LogP) is 3.20. The molecule has 0 atom stereocenters. The lowest BCUT2D eigenvalue weighted by molar-refractivity contribution is 0.0528. The Labute approximate surface area is 140 Å². The van der Waals surface area contributed by atoms with E-state index in [1.165, 1.54) is 10.2 Å². The van der Waals surface area contributed by atoms with Crippen molar-refractivity contribution in [2.75, 3.05) is 6.61 Å². The van der Waals surface area contributed by atoms with Crippen LogP contribution in [0.1, 0.15) is 22.8 Å². The van der Waals surface area contributed by atoms with Gasteiger partial charge in [0.25, 0.3) is 0 Å². The molecular weight excluding hydrogens is 326 g/mol. The van der Waals surface area contributed by atoms with E-state index in [2.05, 4.69) is 0 Å². The number of benzene rings is 2. The molecular formula is C18H17NO4S. The number of rotatable bonds is 5. The van der Waals surface area contributed by atoms with Crippen LogP contribution >= 0.6 is 0 Å². The van der Waals surface area contributed by atoms with Crippen molar-refractivity contribution >= 4 is 26.9 Å². The lowest BCUT2D eigenvalue weighted by atomic mass is 10.2. The fourth-order valence-electron chi connectivity index (χ4n) is 2.61. The average Bonchev–Trinajstić information content (AvgIpc) is 2.96. The van der Waals surface area contributed by atoms with Gasteiger partial charge >= 0.3 is 5.97 Å². The van der Waals surface area contributed by atoms with Gasteiger partial charge in [0, 0.05) is 11.6 Å². The van der Waals surface area contributed by atoms with Crippen LogP contribution in [0.5, 0.6) is 0 Å². The Morgan fingerprint density at radius 3 is 2.42 bits per heavy atom. The maximum absolute atomic E-state index is 12.8. The number of fused-ring (bicyclic) bond motifs is 1. The third-order valence-corrected chi connectivity index (χ3v) is 5.26. The monoisotopic (exact) mass is 343 g/mol. The first-order valence-electron chi connectivity index (χ1n) is 7.57. The van der Waals surface area contributed by atoms with Gasteiger partial charge < -0.3 is 4.74 Å². The van der Waals surface area contributed by atoms with Gasteiger partial charge in [-0.25, -0.2) is 17.2 Å². The molecule has 124 valence electrons. The zero-order valence-corrected chi connectivity index (χ0v) is 14.0. The molecule has 0 saturated heterocycles. The van der Waals surface area contributed by atoms with Gasteiger partial charge in [0.2, 0.25) is 10.0 Å². The van der Waals surface area contributed by atoms with E-state index in [9.17, 15) is 13.2 Å². The molecule has 1 aromatic heterocycles.